The molecule has 0 aromatic carbocycles. The number of rotatable bonds is 4. The van der Waals surface area contributed by atoms with Gasteiger partial charge in [0.25, 0.3) is 0 Å². The summed E-state index contributed by atoms with van der Waals surface area (Å²) in [4.78, 5) is 10.9. The Morgan fingerprint density at radius 3 is 1.75 bits per heavy atom. The van der Waals surface area contributed by atoms with Gasteiger partial charge in [-0.05, 0) is 11.8 Å². The monoisotopic (exact) mass is 228 g/mol. The molecule has 1 heterocycles. The quantitative estimate of drug-likeness (QED) is 0.521. The highest BCUT2D eigenvalue weighted by Gasteiger charge is 2.65. The molecule has 1 unspecified atom stereocenters. The van der Waals surface area contributed by atoms with Crippen LogP contribution in [0.1, 0.15) is 67.7 Å². The number of unbranched alkanes of at least 4 members (excludes halogenated alkanes) is 1. The van der Waals surface area contributed by atoms with Crippen LogP contribution in [0.5, 0.6) is 0 Å². The lowest BCUT2D eigenvalue weighted by Crippen LogP contribution is -2.43. The van der Waals surface area contributed by atoms with E-state index < -0.39 is 0 Å². The van der Waals surface area contributed by atoms with Crippen LogP contribution in [0.3, 0.4) is 0 Å². The zero-order chi connectivity index (χ0) is 12.6. The summed E-state index contributed by atoms with van der Waals surface area (Å²) in [6.45, 7) is 15.7. The van der Waals surface area contributed by atoms with E-state index in [2.05, 4.69) is 48.5 Å². The van der Waals surface area contributed by atoms with Crippen molar-refractivity contribution in [2.75, 3.05) is 0 Å². The highest BCUT2D eigenvalue weighted by molar-refractivity contribution is 4.98. The van der Waals surface area contributed by atoms with Gasteiger partial charge in [0.05, 0.1) is 0 Å². The molecule has 0 aliphatic carbocycles. The first kappa shape index (κ1) is 14.0. The summed E-state index contributed by atoms with van der Waals surface area (Å²) < 4.78 is 0. The van der Waals surface area contributed by atoms with Gasteiger partial charge in [0.1, 0.15) is 0 Å². The van der Waals surface area contributed by atoms with Crippen molar-refractivity contribution in [3.8, 4) is 0 Å². The lowest BCUT2D eigenvalue weighted by Gasteiger charge is -2.38. The maximum Gasteiger partial charge on any atom is 0.242 e. The molecular formula is C14H28O2. The van der Waals surface area contributed by atoms with Gasteiger partial charge in [0.2, 0.25) is 5.79 Å². The van der Waals surface area contributed by atoms with Crippen molar-refractivity contribution >= 4 is 0 Å². The molecule has 2 heteroatoms. The smallest absolute Gasteiger partial charge is 0.194 e. The molecule has 0 N–H and O–H groups in total. The molecule has 2 nitrogen and oxygen atoms in total. The SMILES string of the molecule is CCCCC(C(C)(C)C)C1(C(C)(C)C)OO1. The van der Waals surface area contributed by atoms with Gasteiger partial charge in [0.15, 0.2) is 0 Å². The highest BCUT2D eigenvalue weighted by atomic mass is 17.4. The van der Waals surface area contributed by atoms with Gasteiger partial charge in [-0.1, -0.05) is 61.3 Å². The van der Waals surface area contributed by atoms with Crippen molar-refractivity contribution in [2.45, 2.75) is 73.5 Å². The third-order valence-electron chi connectivity index (χ3n) is 3.66. The van der Waals surface area contributed by atoms with Crippen LogP contribution in [0.25, 0.3) is 0 Å². The van der Waals surface area contributed by atoms with Crippen LogP contribution in [-0.2, 0) is 9.78 Å². The predicted octanol–water partition coefficient (Wildman–Crippen LogP) is 4.54. The summed E-state index contributed by atoms with van der Waals surface area (Å²) in [5.74, 6) is 0.0976. The molecule has 0 amide bonds. The molecule has 96 valence electrons. The fourth-order valence-corrected chi connectivity index (χ4v) is 2.54. The zero-order valence-electron chi connectivity index (χ0n) is 12.0. The molecule has 1 rings (SSSR count). The van der Waals surface area contributed by atoms with Crippen LogP contribution in [0.4, 0.5) is 0 Å². The number of hydrogen-bond acceptors (Lipinski definition) is 2. The van der Waals surface area contributed by atoms with Crippen LogP contribution >= 0.6 is 0 Å². The zero-order valence-corrected chi connectivity index (χ0v) is 12.0. The lowest BCUT2D eigenvalue weighted by molar-refractivity contribution is 0.0182. The van der Waals surface area contributed by atoms with Gasteiger partial charge in [-0.25, -0.2) is 0 Å². The minimum absolute atomic E-state index is 0.0404. The maximum absolute atomic E-state index is 5.45. The Hall–Kier alpha value is -0.0800. The Kier molecular flexibility index (Phi) is 3.76. The minimum atomic E-state index is -0.361. The van der Waals surface area contributed by atoms with Gasteiger partial charge >= 0.3 is 0 Å². The molecule has 1 atom stereocenters. The average Bonchev–Trinajstić information content (AvgIpc) is 2.82. The molecule has 16 heavy (non-hydrogen) atoms. The average molecular weight is 228 g/mol. The summed E-state index contributed by atoms with van der Waals surface area (Å²) in [5, 5.41) is 0. The van der Waals surface area contributed by atoms with E-state index in [-0.39, 0.29) is 16.6 Å². The van der Waals surface area contributed by atoms with Crippen LogP contribution in [-0.4, -0.2) is 5.79 Å². The van der Waals surface area contributed by atoms with Crippen molar-refractivity contribution in [2.24, 2.45) is 16.7 Å². The topological polar surface area (TPSA) is 25.1 Å². The Morgan fingerprint density at radius 1 is 1.00 bits per heavy atom. The second-order valence-electron chi connectivity index (χ2n) is 7.15. The Balaban J connectivity index is 2.85. The summed E-state index contributed by atoms with van der Waals surface area (Å²) in [7, 11) is 0. The van der Waals surface area contributed by atoms with E-state index in [0.29, 0.717) is 5.92 Å². The third kappa shape index (κ3) is 2.60. The fraction of sp³-hybridized carbons (Fsp3) is 1.00. The summed E-state index contributed by atoms with van der Waals surface area (Å²) >= 11 is 0. The Bertz CT molecular complexity index is 228. The molecule has 0 aromatic rings. The van der Waals surface area contributed by atoms with Crippen LogP contribution in [0.15, 0.2) is 0 Å². The van der Waals surface area contributed by atoms with Gasteiger partial charge in [-0.3, -0.25) is 0 Å². The molecular weight excluding hydrogens is 200 g/mol. The normalized spacial score (nSPS) is 21.9. The highest BCUT2D eigenvalue weighted by Crippen LogP contribution is 2.57. The van der Waals surface area contributed by atoms with Crippen LogP contribution < -0.4 is 0 Å². The van der Waals surface area contributed by atoms with Crippen molar-refractivity contribution in [3.05, 3.63) is 0 Å². The number of hydrogen-bond donors (Lipinski definition) is 0. The second kappa shape index (κ2) is 4.30. The summed E-state index contributed by atoms with van der Waals surface area (Å²) in [5.41, 5.74) is 0.262. The molecule has 0 bridgehead atoms. The van der Waals surface area contributed by atoms with Crippen molar-refractivity contribution < 1.29 is 9.78 Å². The second-order valence-corrected chi connectivity index (χ2v) is 7.15. The summed E-state index contributed by atoms with van der Waals surface area (Å²) in [6, 6.07) is 0. The van der Waals surface area contributed by atoms with Gasteiger partial charge in [0, 0.05) is 11.3 Å². The summed E-state index contributed by atoms with van der Waals surface area (Å²) in [6.07, 6.45) is 3.65. The molecule has 1 saturated heterocycles. The molecule has 0 radical (unpaired) electrons. The fourth-order valence-electron chi connectivity index (χ4n) is 2.54. The first-order chi connectivity index (χ1) is 7.15. The van der Waals surface area contributed by atoms with E-state index in [1.807, 2.05) is 0 Å². The molecule has 0 saturated carbocycles. The standard InChI is InChI=1S/C14H28O2/c1-8-9-10-11(12(2,3)4)14(15-16-14)13(5,6)7/h11H,8-10H2,1-7H3. The Labute approximate surface area is 101 Å². The van der Waals surface area contributed by atoms with E-state index in [4.69, 9.17) is 9.78 Å². The first-order valence-corrected chi connectivity index (χ1v) is 6.52. The largest absolute Gasteiger partial charge is 0.242 e. The first-order valence-electron chi connectivity index (χ1n) is 6.52. The van der Waals surface area contributed by atoms with Gasteiger partial charge < -0.3 is 0 Å². The van der Waals surface area contributed by atoms with Crippen molar-refractivity contribution in [1.29, 1.82) is 0 Å². The minimum Gasteiger partial charge on any atom is -0.194 e. The molecule has 1 aliphatic heterocycles. The molecule has 0 spiro atoms. The lowest BCUT2D eigenvalue weighted by atomic mass is 9.66. The molecule has 1 fully saturated rings. The predicted molar refractivity (Wildman–Crippen MR) is 66.8 cm³/mol. The van der Waals surface area contributed by atoms with E-state index in [1.165, 1.54) is 19.3 Å². The van der Waals surface area contributed by atoms with Gasteiger partial charge in [-0.15, -0.1) is 0 Å². The molecule has 1 aliphatic rings. The van der Waals surface area contributed by atoms with Crippen LogP contribution in [0, 0.1) is 16.7 Å². The van der Waals surface area contributed by atoms with Crippen molar-refractivity contribution in [3.63, 3.8) is 0 Å². The van der Waals surface area contributed by atoms with E-state index in [0.717, 1.165) is 0 Å². The molecule has 0 aromatic heterocycles. The van der Waals surface area contributed by atoms with Crippen molar-refractivity contribution in [1.82, 2.24) is 0 Å². The van der Waals surface area contributed by atoms with Gasteiger partial charge in [-0.2, -0.15) is 9.78 Å². The maximum atomic E-state index is 5.45. The van der Waals surface area contributed by atoms with E-state index in [1.54, 1.807) is 0 Å². The third-order valence-corrected chi connectivity index (χ3v) is 3.66. The van der Waals surface area contributed by atoms with E-state index >= 15 is 0 Å². The Morgan fingerprint density at radius 2 is 1.50 bits per heavy atom. The van der Waals surface area contributed by atoms with Crippen LogP contribution in [0.2, 0.25) is 0 Å². The van der Waals surface area contributed by atoms with E-state index in [9.17, 15) is 0 Å².